The third-order valence-corrected chi connectivity index (χ3v) is 6.04. The Labute approximate surface area is 165 Å². The van der Waals surface area contributed by atoms with Gasteiger partial charge >= 0.3 is 6.01 Å². The number of fused-ring (bicyclic) bond motifs is 1. The van der Waals surface area contributed by atoms with E-state index in [2.05, 4.69) is 46.9 Å². The van der Waals surface area contributed by atoms with Gasteiger partial charge in [0.25, 0.3) is 0 Å². The molecule has 0 radical (unpaired) electrons. The van der Waals surface area contributed by atoms with E-state index in [-0.39, 0.29) is 12.1 Å². The van der Waals surface area contributed by atoms with Crippen LogP contribution >= 0.6 is 0 Å². The van der Waals surface area contributed by atoms with Gasteiger partial charge in [-0.15, -0.1) is 0 Å². The molecule has 2 aromatic rings. The van der Waals surface area contributed by atoms with Crippen molar-refractivity contribution in [1.82, 2.24) is 14.9 Å². The Balaban J connectivity index is 1.51. The summed E-state index contributed by atoms with van der Waals surface area (Å²) >= 11 is 0. The van der Waals surface area contributed by atoms with Crippen molar-refractivity contribution in [2.45, 2.75) is 45.4 Å². The number of nitrogens with two attached hydrogens (primary N) is 1. The normalized spacial score (nSPS) is 22.4. The Morgan fingerprint density at radius 2 is 2.11 bits per heavy atom. The molecule has 1 fully saturated rings. The molecule has 0 spiro atoms. The molecule has 1 aromatic carbocycles. The fourth-order valence-electron chi connectivity index (χ4n) is 4.16. The second-order valence-electron chi connectivity index (χ2n) is 7.94. The number of nitrogen functional groups attached to an aromatic ring is 1. The summed E-state index contributed by atoms with van der Waals surface area (Å²) in [5.74, 6) is 0.490. The number of rotatable bonds is 4. The van der Waals surface area contributed by atoms with Gasteiger partial charge in [0.1, 0.15) is 18.6 Å². The van der Waals surface area contributed by atoms with Gasteiger partial charge in [-0.05, 0) is 50.9 Å². The maximum Gasteiger partial charge on any atom is 0.318 e. The van der Waals surface area contributed by atoms with Crippen molar-refractivity contribution in [1.29, 1.82) is 0 Å². The van der Waals surface area contributed by atoms with E-state index in [9.17, 15) is 4.39 Å². The van der Waals surface area contributed by atoms with Crippen molar-refractivity contribution in [3.05, 3.63) is 40.6 Å². The molecule has 0 bridgehead atoms. The second kappa shape index (κ2) is 7.54. The summed E-state index contributed by atoms with van der Waals surface area (Å²) in [5, 5.41) is 0. The van der Waals surface area contributed by atoms with Gasteiger partial charge in [-0.1, -0.05) is 12.1 Å². The maximum atomic E-state index is 13.6. The van der Waals surface area contributed by atoms with Crippen LogP contribution in [0.15, 0.2) is 18.2 Å². The fourth-order valence-corrected chi connectivity index (χ4v) is 4.16. The summed E-state index contributed by atoms with van der Waals surface area (Å²) in [6.45, 7) is 6.67. The van der Waals surface area contributed by atoms with Crippen LogP contribution in [-0.2, 0) is 13.0 Å². The molecule has 0 aliphatic carbocycles. The second-order valence-corrected chi connectivity index (χ2v) is 7.94. The number of likely N-dealkylation sites (N-methyl/N-ethyl adjacent to an activating group) is 1. The lowest BCUT2D eigenvalue weighted by Crippen LogP contribution is -2.33. The summed E-state index contributed by atoms with van der Waals surface area (Å²) in [4.78, 5) is 13.3. The van der Waals surface area contributed by atoms with Crippen molar-refractivity contribution in [3.63, 3.8) is 0 Å². The van der Waals surface area contributed by atoms with Crippen LogP contribution in [0.1, 0.15) is 28.8 Å². The highest BCUT2D eigenvalue weighted by Gasteiger charge is 2.30. The van der Waals surface area contributed by atoms with Gasteiger partial charge in [0, 0.05) is 30.4 Å². The van der Waals surface area contributed by atoms with Crippen LogP contribution in [0.5, 0.6) is 6.01 Å². The van der Waals surface area contributed by atoms with Gasteiger partial charge in [-0.3, -0.25) is 4.90 Å². The van der Waals surface area contributed by atoms with E-state index < -0.39 is 6.17 Å². The molecule has 4 rings (SSSR count). The highest BCUT2D eigenvalue weighted by molar-refractivity contribution is 5.58. The molecule has 7 heteroatoms. The first-order valence-corrected chi connectivity index (χ1v) is 9.86. The zero-order valence-electron chi connectivity index (χ0n) is 16.8. The largest absolute Gasteiger partial charge is 0.462 e. The molecule has 6 nitrogen and oxygen atoms in total. The van der Waals surface area contributed by atoms with Crippen LogP contribution in [-0.4, -0.2) is 53.8 Å². The lowest BCUT2D eigenvalue weighted by atomic mass is 10.0. The zero-order chi connectivity index (χ0) is 19.8. The van der Waals surface area contributed by atoms with Crippen molar-refractivity contribution in [3.8, 4) is 6.01 Å². The Kier molecular flexibility index (Phi) is 5.10. The minimum absolute atomic E-state index is 0.0438. The SMILES string of the molecule is Cc1cccc(N2CCc3c(N)nc(OC[C@@H]4C[C@@H](F)CN4C)nc3C2)c1C. The topological polar surface area (TPSA) is 67.5 Å². The van der Waals surface area contributed by atoms with Crippen molar-refractivity contribution < 1.29 is 9.13 Å². The number of likely N-dealkylation sites (tertiary alicyclic amines) is 1. The molecule has 2 N–H and O–H groups in total. The average molecular weight is 385 g/mol. The summed E-state index contributed by atoms with van der Waals surface area (Å²) in [5.41, 5.74) is 11.9. The van der Waals surface area contributed by atoms with E-state index in [0.717, 1.165) is 24.2 Å². The summed E-state index contributed by atoms with van der Waals surface area (Å²) < 4.78 is 19.4. The number of benzene rings is 1. The summed E-state index contributed by atoms with van der Waals surface area (Å²) in [6, 6.07) is 6.70. The number of nitrogens with zero attached hydrogens (tertiary/aromatic N) is 4. The predicted octanol–water partition coefficient (Wildman–Crippen LogP) is 2.66. The molecule has 1 aromatic heterocycles. The first-order valence-electron chi connectivity index (χ1n) is 9.86. The number of halogens is 1. The van der Waals surface area contributed by atoms with Crippen LogP contribution < -0.4 is 15.4 Å². The van der Waals surface area contributed by atoms with E-state index in [1.807, 2.05) is 11.9 Å². The number of aryl methyl sites for hydroxylation is 1. The summed E-state index contributed by atoms with van der Waals surface area (Å²) in [7, 11) is 1.91. The third kappa shape index (κ3) is 3.63. The van der Waals surface area contributed by atoms with Crippen LogP contribution in [0.25, 0.3) is 0 Å². The minimum atomic E-state index is -0.792. The number of hydrogen-bond acceptors (Lipinski definition) is 6. The molecule has 150 valence electrons. The average Bonchev–Trinajstić information content (AvgIpc) is 2.99. The molecule has 1 saturated heterocycles. The van der Waals surface area contributed by atoms with Gasteiger partial charge in [0.2, 0.25) is 0 Å². The van der Waals surface area contributed by atoms with E-state index >= 15 is 0 Å². The first kappa shape index (κ1) is 18.9. The van der Waals surface area contributed by atoms with Crippen molar-refractivity contribution in [2.75, 3.05) is 37.4 Å². The Bertz CT molecular complexity index is 874. The standard InChI is InChI=1S/C21H28FN5O/c1-13-5-4-6-19(14(13)2)27-8-7-17-18(11-27)24-21(25-20(17)23)28-12-16-9-15(22)10-26(16)3/h4-6,15-16H,7-12H2,1-3H3,(H2,23,24,25)/t15-,16+/m1/s1. The van der Waals surface area contributed by atoms with Crippen molar-refractivity contribution in [2.24, 2.45) is 0 Å². The van der Waals surface area contributed by atoms with Gasteiger partial charge in [-0.25, -0.2) is 4.39 Å². The Morgan fingerprint density at radius 3 is 2.86 bits per heavy atom. The quantitative estimate of drug-likeness (QED) is 0.873. The van der Waals surface area contributed by atoms with E-state index in [0.29, 0.717) is 31.9 Å². The molecular weight excluding hydrogens is 357 g/mol. The smallest absolute Gasteiger partial charge is 0.318 e. The number of aromatic nitrogens is 2. The van der Waals surface area contributed by atoms with Crippen LogP contribution in [0.2, 0.25) is 0 Å². The lowest BCUT2D eigenvalue weighted by molar-refractivity contribution is 0.187. The predicted molar refractivity (Wildman–Crippen MR) is 109 cm³/mol. The van der Waals surface area contributed by atoms with Gasteiger partial charge in [0.05, 0.1) is 12.2 Å². The van der Waals surface area contributed by atoms with Crippen LogP contribution in [0.4, 0.5) is 15.9 Å². The van der Waals surface area contributed by atoms with Crippen LogP contribution in [0, 0.1) is 13.8 Å². The van der Waals surface area contributed by atoms with Gasteiger partial charge < -0.3 is 15.4 Å². The highest BCUT2D eigenvalue weighted by Crippen LogP contribution is 2.30. The molecule has 0 saturated carbocycles. The third-order valence-electron chi connectivity index (χ3n) is 6.04. The number of ether oxygens (including phenoxy) is 1. The minimum Gasteiger partial charge on any atom is -0.462 e. The molecule has 0 unspecified atom stereocenters. The monoisotopic (exact) mass is 385 g/mol. The first-order chi connectivity index (χ1) is 13.4. The van der Waals surface area contributed by atoms with Gasteiger partial charge in [-0.2, -0.15) is 9.97 Å². The Morgan fingerprint density at radius 1 is 1.29 bits per heavy atom. The molecule has 2 aliphatic rings. The summed E-state index contributed by atoms with van der Waals surface area (Å²) in [6.07, 6.45) is 0.500. The Hall–Kier alpha value is -2.41. The molecule has 28 heavy (non-hydrogen) atoms. The van der Waals surface area contributed by atoms with E-state index in [1.54, 1.807) is 0 Å². The molecule has 2 atom stereocenters. The zero-order valence-corrected chi connectivity index (χ0v) is 16.8. The number of hydrogen-bond donors (Lipinski definition) is 1. The molecule has 3 heterocycles. The molecular formula is C21H28FN5O. The maximum absolute atomic E-state index is 13.6. The van der Waals surface area contributed by atoms with Gasteiger partial charge in [0.15, 0.2) is 0 Å². The lowest BCUT2D eigenvalue weighted by Gasteiger charge is -2.32. The van der Waals surface area contributed by atoms with E-state index in [4.69, 9.17) is 10.5 Å². The number of anilines is 2. The molecule has 0 amide bonds. The highest BCUT2D eigenvalue weighted by atomic mass is 19.1. The van der Waals surface area contributed by atoms with Crippen LogP contribution in [0.3, 0.4) is 0 Å². The molecule has 2 aliphatic heterocycles. The van der Waals surface area contributed by atoms with Crippen molar-refractivity contribution >= 4 is 11.5 Å². The number of alkyl halides is 1. The fraction of sp³-hybridized carbons (Fsp3) is 0.524. The van der Waals surface area contributed by atoms with E-state index in [1.165, 1.54) is 16.8 Å².